The second-order valence-electron chi connectivity index (χ2n) is 10.1. The molecule has 1 amide bonds. The lowest BCUT2D eigenvalue weighted by atomic mass is 9.94. The molecule has 1 aliphatic heterocycles. The molecule has 0 spiro atoms. The summed E-state index contributed by atoms with van der Waals surface area (Å²) in [5.74, 6) is -1.63. The Kier molecular flexibility index (Phi) is 6.45. The van der Waals surface area contributed by atoms with Gasteiger partial charge in [0.05, 0.1) is 29.7 Å². The van der Waals surface area contributed by atoms with Crippen LogP contribution in [0.5, 0.6) is 0 Å². The lowest BCUT2D eigenvalue weighted by Crippen LogP contribution is -2.42. The standard InChI is InChI=1S/C28H32FN3O4/c1-16-8-10-18(14-22(16)29)21(27(33)34)15-25-30-26-20-11-9-17(2)31(28(35)36-3)23(20)12-13-24(26)32(25)19-6-4-5-7-19/h8,10,12-14,17,19,21H,4-7,9,11,15H2,1-3H3,(H,33,34)/t17-,21?/m0/s1. The van der Waals surface area contributed by atoms with Gasteiger partial charge in [-0.25, -0.2) is 14.2 Å². The van der Waals surface area contributed by atoms with Crippen molar-refractivity contribution < 1.29 is 23.8 Å². The first-order valence-corrected chi connectivity index (χ1v) is 12.7. The lowest BCUT2D eigenvalue weighted by molar-refractivity contribution is -0.138. The normalized spacial score (nSPS) is 18.9. The number of aryl methyl sites for hydroxylation is 2. The molecular weight excluding hydrogens is 461 g/mol. The van der Waals surface area contributed by atoms with Crippen molar-refractivity contribution in [3.63, 3.8) is 0 Å². The number of methoxy groups -OCH3 is 1. The van der Waals surface area contributed by atoms with Crippen LogP contribution in [0.15, 0.2) is 30.3 Å². The third-order valence-electron chi connectivity index (χ3n) is 7.87. The van der Waals surface area contributed by atoms with E-state index < -0.39 is 23.8 Å². The van der Waals surface area contributed by atoms with Crippen molar-refractivity contribution in [3.05, 3.63) is 58.7 Å². The Balaban J connectivity index is 1.64. The number of carboxylic acid groups (broad SMARTS) is 1. The van der Waals surface area contributed by atoms with Crippen molar-refractivity contribution in [1.82, 2.24) is 9.55 Å². The minimum Gasteiger partial charge on any atom is -0.481 e. The van der Waals surface area contributed by atoms with Gasteiger partial charge in [0.25, 0.3) is 0 Å². The highest BCUT2D eigenvalue weighted by atomic mass is 19.1. The molecule has 7 nitrogen and oxygen atoms in total. The molecule has 36 heavy (non-hydrogen) atoms. The number of imidazole rings is 1. The smallest absolute Gasteiger partial charge is 0.414 e. The summed E-state index contributed by atoms with van der Waals surface area (Å²) in [5, 5.41) is 10.1. The molecule has 2 atom stereocenters. The molecule has 5 rings (SSSR count). The van der Waals surface area contributed by atoms with Gasteiger partial charge in [-0.2, -0.15) is 0 Å². The number of rotatable bonds is 5. The number of aliphatic carboxylic acids is 1. The van der Waals surface area contributed by atoms with Crippen LogP contribution in [0.4, 0.5) is 14.9 Å². The fourth-order valence-corrected chi connectivity index (χ4v) is 5.89. The molecule has 190 valence electrons. The summed E-state index contributed by atoms with van der Waals surface area (Å²) < 4.78 is 21.6. The molecular formula is C28H32FN3O4. The van der Waals surface area contributed by atoms with E-state index in [1.807, 2.05) is 19.1 Å². The van der Waals surface area contributed by atoms with Gasteiger partial charge in [0.1, 0.15) is 11.6 Å². The number of carboxylic acids is 1. The summed E-state index contributed by atoms with van der Waals surface area (Å²) in [5.41, 5.74) is 4.48. The second kappa shape index (κ2) is 9.56. The monoisotopic (exact) mass is 493 g/mol. The van der Waals surface area contributed by atoms with Crippen molar-refractivity contribution in [3.8, 4) is 0 Å². The SMILES string of the molecule is COC(=O)N1c2ccc3c(nc(CC(C(=O)O)c4ccc(C)c(F)c4)n3C3CCCC3)c2CC[C@@H]1C. The number of halogens is 1. The molecule has 1 saturated carbocycles. The zero-order valence-corrected chi connectivity index (χ0v) is 21.0. The number of carbonyl (C=O) groups excluding carboxylic acids is 1. The first kappa shape index (κ1) is 24.3. The Bertz CT molecular complexity index is 1330. The van der Waals surface area contributed by atoms with Gasteiger partial charge in [0.15, 0.2) is 0 Å². The van der Waals surface area contributed by atoms with E-state index in [9.17, 15) is 19.1 Å². The minimum atomic E-state index is -1.00. The molecule has 2 aromatic carbocycles. The minimum absolute atomic E-state index is 0.00612. The van der Waals surface area contributed by atoms with E-state index in [0.29, 0.717) is 17.0 Å². The summed E-state index contributed by atoms with van der Waals surface area (Å²) in [7, 11) is 1.38. The van der Waals surface area contributed by atoms with Gasteiger partial charge >= 0.3 is 12.1 Å². The van der Waals surface area contributed by atoms with E-state index >= 15 is 0 Å². The summed E-state index contributed by atoms with van der Waals surface area (Å²) in [6, 6.07) is 8.85. The number of benzene rings is 2. The molecule has 3 aromatic rings. The molecule has 2 heterocycles. The Hall–Kier alpha value is -3.42. The number of nitrogens with zero attached hydrogens (tertiary/aromatic N) is 3. The number of amides is 1. The van der Waals surface area contributed by atoms with Gasteiger partial charge in [0, 0.05) is 24.1 Å². The number of hydrogen-bond acceptors (Lipinski definition) is 4. The van der Waals surface area contributed by atoms with Crippen LogP contribution in [0.2, 0.25) is 0 Å². The number of aromatic nitrogens is 2. The quantitative estimate of drug-likeness (QED) is 0.477. The average molecular weight is 494 g/mol. The maximum absolute atomic E-state index is 14.3. The first-order valence-electron chi connectivity index (χ1n) is 12.7. The maximum atomic E-state index is 14.3. The van der Waals surface area contributed by atoms with E-state index in [1.54, 1.807) is 24.0 Å². The molecule has 1 N–H and O–H groups in total. The number of carbonyl (C=O) groups is 2. The van der Waals surface area contributed by atoms with Gasteiger partial charge in [-0.15, -0.1) is 0 Å². The fraction of sp³-hybridized carbons (Fsp3) is 0.464. The third-order valence-corrected chi connectivity index (χ3v) is 7.87. The zero-order valence-electron chi connectivity index (χ0n) is 21.0. The number of anilines is 1. The molecule has 1 fully saturated rings. The molecule has 2 aliphatic rings. The maximum Gasteiger partial charge on any atom is 0.414 e. The largest absolute Gasteiger partial charge is 0.481 e. The Labute approximate surface area is 209 Å². The summed E-state index contributed by atoms with van der Waals surface area (Å²) in [6.45, 7) is 3.67. The van der Waals surface area contributed by atoms with Crippen molar-refractivity contribution in [2.45, 2.75) is 76.8 Å². The Morgan fingerprint density at radius 3 is 2.61 bits per heavy atom. The van der Waals surface area contributed by atoms with Crippen molar-refractivity contribution in [2.24, 2.45) is 0 Å². The fourth-order valence-electron chi connectivity index (χ4n) is 5.89. The van der Waals surface area contributed by atoms with E-state index in [-0.39, 0.29) is 18.5 Å². The predicted octanol–water partition coefficient (Wildman–Crippen LogP) is 5.92. The van der Waals surface area contributed by atoms with Crippen LogP contribution in [0.3, 0.4) is 0 Å². The molecule has 1 aromatic heterocycles. The Morgan fingerprint density at radius 2 is 1.94 bits per heavy atom. The predicted molar refractivity (Wildman–Crippen MR) is 135 cm³/mol. The van der Waals surface area contributed by atoms with Crippen molar-refractivity contribution >= 4 is 28.8 Å². The van der Waals surface area contributed by atoms with Gasteiger partial charge < -0.3 is 14.4 Å². The summed E-state index contributed by atoms with van der Waals surface area (Å²) in [6.07, 6.45) is 5.58. The van der Waals surface area contributed by atoms with Gasteiger partial charge in [0.2, 0.25) is 0 Å². The molecule has 0 saturated heterocycles. The van der Waals surface area contributed by atoms with Gasteiger partial charge in [-0.3, -0.25) is 9.69 Å². The second-order valence-corrected chi connectivity index (χ2v) is 10.1. The average Bonchev–Trinajstić information content (AvgIpc) is 3.51. The summed E-state index contributed by atoms with van der Waals surface area (Å²) >= 11 is 0. The first-order chi connectivity index (χ1) is 17.3. The van der Waals surface area contributed by atoms with E-state index in [4.69, 9.17) is 9.72 Å². The summed E-state index contributed by atoms with van der Waals surface area (Å²) in [4.78, 5) is 31.6. The molecule has 8 heteroatoms. The molecule has 0 radical (unpaired) electrons. The number of fused-ring (bicyclic) bond motifs is 3. The molecule has 1 unspecified atom stereocenters. The third kappa shape index (κ3) is 4.12. The highest BCUT2D eigenvalue weighted by molar-refractivity contribution is 5.95. The van der Waals surface area contributed by atoms with Crippen LogP contribution >= 0.6 is 0 Å². The van der Waals surface area contributed by atoms with Crippen LogP contribution in [0.1, 0.15) is 73.5 Å². The number of ether oxygens (including phenoxy) is 1. The van der Waals surface area contributed by atoms with Gasteiger partial charge in [-0.1, -0.05) is 25.0 Å². The van der Waals surface area contributed by atoms with E-state index in [1.165, 1.54) is 13.2 Å². The van der Waals surface area contributed by atoms with Crippen LogP contribution in [0, 0.1) is 12.7 Å². The van der Waals surface area contributed by atoms with E-state index in [2.05, 4.69) is 4.57 Å². The zero-order chi connectivity index (χ0) is 25.6. The molecule has 1 aliphatic carbocycles. The topological polar surface area (TPSA) is 84.7 Å². The Morgan fingerprint density at radius 1 is 1.19 bits per heavy atom. The number of hydrogen-bond donors (Lipinski definition) is 1. The van der Waals surface area contributed by atoms with Crippen LogP contribution in [0.25, 0.3) is 11.0 Å². The lowest BCUT2D eigenvalue weighted by Gasteiger charge is -2.34. The van der Waals surface area contributed by atoms with Crippen LogP contribution in [-0.4, -0.2) is 39.9 Å². The van der Waals surface area contributed by atoms with Crippen LogP contribution < -0.4 is 4.90 Å². The highest BCUT2D eigenvalue weighted by Crippen LogP contribution is 2.40. The highest BCUT2D eigenvalue weighted by Gasteiger charge is 2.33. The van der Waals surface area contributed by atoms with Crippen molar-refractivity contribution in [2.75, 3.05) is 12.0 Å². The van der Waals surface area contributed by atoms with E-state index in [0.717, 1.165) is 60.8 Å². The van der Waals surface area contributed by atoms with Crippen molar-refractivity contribution in [1.29, 1.82) is 0 Å². The molecule has 0 bridgehead atoms. The van der Waals surface area contributed by atoms with Gasteiger partial charge in [-0.05, 0) is 68.9 Å². The van der Waals surface area contributed by atoms with Crippen LogP contribution in [-0.2, 0) is 22.4 Å².